The largest absolute Gasteiger partial charge is 0.490 e. The van der Waals surface area contributed by atoms with Gasteiger partial charge in [-0.25, -0.2) is 9.79 Å². The molecule has 0 unspecified atom stereocenters. The number of allylic oxidation sites excluding steroid dienone is 1. The summed E-state index contributed by atoms with van der Waals surface area (Å²) in [5.74, 6) is -0.128. The van der Waals surface area contributed by atoms with Crippen LogP contribution in [0, 0.1) is 0 Å². The van der Waals surface area contributed by atoms with Crippen LogP contribution in [0.5, 0.6) is 11.5 Å². The molecule has 202 valence electrons. The van der Waals surface area contributed by atoms with Crippen molar-refractivity contribution in [2.45, 2.75) is 26.8 Å². The van der Waals surface area contributed by atoms with E-state index in [1.807, 2.05) is 12.1 Å². The molecular formula is C28H24Br2N2O6S. The molecule has 0 radical (unpaired) electrons. The maximum absolute atomic E-state index is 13.9. The second-order valence-corrected chi connectivity index (χ2v) is 11.1. The van der Waals surface area contributed by atoms with Crippen molar-refractivity contribution in [1.29, 1.82) is 0 Å². The molecular weight excluding hydrogens is 652 g/mol. The number of rotatable bonds is 8. The van der Waals surface area contributed by atoms with Gasteiger partial charge in [-0.2, -0.15) is 0 Å². The van der Waals surface area contributed by atoms with E-state index in [-0.39, 0.29) is 23.5 Å². The summed E-state index contributed by atoms with van der Waals surface area (Å²) in [6, 6.07) is 9.89. The van der Waals surface area contributed by atoms with Gasteiger partial charge in [-0.05, 0) is 65.7 Å². The van der Waals surface area contributed by atoms with Gasteiger partial charge in [0.25, 0.3) is 5.56 Å². The molecule has 0 amide bonds. The van der Waals surface area contributed by atoms with E-state index in [9.17, 15) is 14.4 Å². The Morgan fingerprint density at radius 3 is 2.56 bits per heavy atom. The van der Waals surface area contributed by atoms with E-state index in [2.05, 4.69) is 43.4 Å². The summed E-state index contributed by atoms with van der Waals surface area (Å²) in [5.41, 5.74) is 1.59. The summed E-state index contributed by atoms with van der Waals surface area (Å²) < 4.78 is 19.5. The molecule has 0 saturated carbocycles. The predicted molar refractivity (Wildman–Crippen MR) is 156 cm³/mol. The Bertz CT molecular complexity index is 1670. The quantitative estimate of drug-likeness (QED) is 0.193. The predicted octanol–water partition coefficient (Wildman–Crippen LogP) is 4.81. The van der Waals surface area contributed by atoms with Crippen LogP contribution in [0.25, 0.3) is 6.08 Å². The van der Waals surface area contributed by atoms with E-state index < -0.39 is 18.0 Å². The third-order valence-electron chi connectivity index (χ3n) is 5.65. The minimum absolute atomic E-state index is 0.178. The summed E-state index contributed by atoms with van der Waals surface area (Å²) in [6.45, 7) is 8.94. The Morgan fingerprint density at radius 1 is 1.21 bits per heavy atom. The number of nitrogens with zero attached hydrogens (tertiary/aromatic N) is 2. The molecule has 1 atom stereocenters. The second-order valence-electron chi connectivity index (χ2n) is 8.37. The minimum Gasteiger partial charge on any atom is -0.490 e. The van der Waals surface area contributed by atoms with Crippen molar-refractivity contribution in [3.8, 4) is 11.5 Å². The van der Waals surface area contributed by atoms with Gasteiger partial charge in [-0.3, -0.25) is 14.2 Å². The van der Waals surface area contributed by atoms with Gasteiger partial charge >= 0.3 is 11.9 Å². The molecule has 4 rings (SSSR count). The summed E-state index contributed by atoms with van der Waals surface area (Å²) >= 11 is 8.05. The maximum Gasteiger partial charge on any atom is 0.338 e. The fourth-order valence-corrected chi connectivity index (χ4v) is 6.47. The average Bonchev–Trinajstić information content (AvgIpc) is 3.18. The molecule has 0 bridgehead atoms. The topological polar surface area (TPSA) is 96.2 Å². The lowest BCUT2D eigenvalue weighted by molar-refractivity contribution is -0.139. The Morgan fingerprint density at radius 2 is 1.92 bits per heavy atom. The van der Waals surface area contributed by atoms with Gasteiger partial charge in [0.2, 0.25) is 0 Å². The number of halogens is 2. The molecule has 2 heterocycles. The van der Waals surface area contributed by atoms with Crippen LogP contribution in [-0.2, 0) is 14.3 Å². The van der Waals surface area contributed by atoms with Crippen LogP contribution < -0.4 is 24.4 Å². The van der Waals surface area contributed by atoms with E-state index in [0.29, 0.717) is 43.0 Å². The number of ether oxygens (including phenoxy) is 3. The first kappa shape index (κ1) is 28.7. The van der Waals surface area contributed by atoms with Crippen LogP contribution in [-0.4, -0.2) is 29.7 Å². The van der Waals surface area contributed by atoms with Gasteiger partial charge in [0, 0.05) is 17.0 Å². The monoisotopic (exact) mass is 674 g/mol. The zero-order valence-corrected chi connectivity index (χ0v) is 25.3. The number of hydrogen-bond acceptors (Lipinski definition) is 8. The molecule has 0 aliphatic carbocycles. The fraction of sp³-hybridized carbons (Fsp3) is 0.214. The molecule has 39 heavy (non-hydrogen) atoms. The third kappa shape index (κ3) is 6.15. The molecule has 1 aliphatic heterocycles. The van der Waals surface area contributed by atoms with Crippen LogP contribution in [0.15, 0.2) is 79.1 Å². The number of fused-ring (bicyclic) bond motifs is 1. The number of hydrogen-bond donors (Lipinski definition) is 0. The van der Waals surface area contributed by atoms with Crippen LogP contribution in [0.4, 0.5) is 0 Å². The lowest BCUT2D eigenvalue weighted by Gasteiger charge is -2.24. The highest BCUT2D eigenvalue weighted by Gasteiger charge is 2.33. The van der Waals surface area contributed by atoms with Crippen molar-refractivity contribution < 1.29 is 23.8 Å². The van der Waals surface area contributed by atoms with Crippen molar-refractivity contribution in [3.63, 3.8) is 0 Å². The number of carbonyl (C=O) groups is 2. The lowest BCUT2D eigenvalue weighted by atomic mass is 9.96. The SMILES string of the molecule is C=CCOc1ccc([C@@H]2C(C(=O)OCC)=C(C)N=c3s/c(=C\c4cc(Br)cc(Br)c4OC(C)=O)c(=O)n32)cc1. The maximum atomic E-state index is 13.9. The molecule has 2 aromatic carbocycles. The van der Waals surface area contributed by atoms with Crippen molar-refractivity contribution in [2.75, 3.05) is 13.2 Å². The molecule has 1 aliphatic rings. The van der Waals surface area contributed by atoms with Gasteiger partial charge < -0.3 is 14.2 Å². The molecule has 0 N–H and O–H groups in total. The highest BCUT2D eigenvalue weighted by Crippen LogP contribution is 2.34. The van der Waals surface area contributed by atoms with E-state index >= 15 is 0 Å². The van der Waals surface area contributed by atoms with E-state index in [1.54, 1.807) is 50.3 Å². The zero-order chi connectivity index (χ0) is 28.3. The number of aromatic nitrogens is 1. The first-order valence-corrected chi connectivity index (χ1v) is 14.3. The van der Waals surface area contributed by atoms with Gasteiger partial charge in [-0.15, -0.1) is 0 Å². The number of carbonyl (C=O) groups excluding carboxylic acids is 2. The number of esters is 2. The molecule has 0 fully saturated rings. The number of benzene rings is 2. The summed E-state index contributed by atoms with van der Waals surface area (Å²) in [5, 5.41) is 0. The average molecular weight is 676 g/mol. The minimum atomic E-state index is -0.766. The van der Waals surface area contributed by atoms with Gasteiger partial charge in [0.05, 0.1) is 32.9 Å². The van der Waals surface area contributed by atoms with Gasteiger partial charge in [0.15, 0.2) is 10.6 Å². The zero-order valence-electron chi connectivity index (χ0n) is 21.3. The van der Waals surface area contributed by atoms with Crippen LogP contribution in [0.3, 0.4) is 0 Å². The standard InChI is InChI=1S/C28H24Br2N2O6S/c1-5-11-37-20-9-7-17(8-10-20)24-23(27(35)36-6-2)15(3)31-28-32(24)26(34)22(39-28)13-18-12-19(29)14-21(30)25(18)38-16(4)33/h5,7-10,12-14,24H,1,6,11H2,2-4H3/b22-13-/t24-/m1/s1. The first-order chi connectivity index (χ1) is 18.6. The summed E-state index contributed by atoms with van der Waals surface area (Å²) in [6.07, 6.45) is 3.29. The Labute approximate surface area is 245 Å². The van der Waals surface area contributed by atoms with Crippen molar-refractivity contribution >= 4 is 61.2 Å². The molecule has 3 aromatic rings. The molecule has 1 aromatic heterocycles. The normalized spacial score (nSPS) is 14.9. The Balaban J connectivity index is 1.93. The molecule has 8 nitrogen and oxygen atoms in total. The Kier molecular flexibility index (Phi) is 9.04. The summed E-state index contributed by atoms with van der Waals surface area (Å²) in [4.78, 5) is 43.7. The lowest BCUT2D eigenvalue weighted by Crippen LogP contribution is -2.39. The first-order valence-electron chi connectivity index (χ1n) is 11.8. The molecule has 11 heteroatoms. The summed E-state index contributed by atoms with van der Waals surface area (Å²) in [7, 11) is 0. The third-order valence-corrected chi connectivity index (χ3v) is 7.68. The van der Waals surface area contributed by atoms with Crippen LogP contribution in [0.1, 0.15) is 37.9 Å². The van der Waals surface area contributed by atoms with Crippen LogP contribution >= 0.6 is 43.2 Å². The highest BCUT2D eigenvalue weighted by molar-refractivity contribution is 9.11. The molecule has 0 saturated heterocycles. The Hall–Kier alpha value is -3.28. The molecule has 0 spiro atoms. The number of thiazole rings is 1. The van der Waals surface area contributed by atoms with E-state index in [0.717, 1.165) is 4.47 Å². The van der Waals surface area contributed by atoms with Crippen LogP contribution in [0.2, 0.25) is 0 Å². The fourth-order valence-electron chi connectivity index (χ4n) is 4.09. The van der Waals surface area contributed by atoms with Crippen molar-refractivity contribution in [1.82, 2.24) is 4.57 Å². The van der Waals surface area contributed by atoms with Gasteiger partial charge in [-0.1, -0.05) is 52.1 Å². The smallest absolute Gasteiger partial charge is 0.338 e. The van der Waals surface area contributed by atoms with E-state index in [1.165, 1.54) is 22.8 Å². The van der Waals surface area contributed by atoms with Gasteiger partial charge in [0.1, 0.15) is 12.4 Å². The van der Waals surface area contributed by atoms with Crippen molar-refractivity contribution in [2.24, 2.45) is 4.99 Å². The van der Waals surface area contributed by atoms with E-state index in [4.69, 9.17) is 14.2 Å². The second kappa shape index (κ2) is 12.3. The highest BCUT2D eigenvalue weighted by atomic mass is 79.9. The van der Waals surface area contributed by atoms with Crippen molar-refractivity contribution in [3.05, 3.63) is 100 Å².